The molecule has 1 spiro atoms. The van der Waals surface area contributed by atoms with Crippen molar-refractivity contribution in [3.63, 3.8) is 0 Å². The Balaban J connectivity index is 1.30. The number of hydrogen-bond donors (Lipinski definition) is 1. The Hall–Kier alpha value is -0.180. The molecule has 4 aliphatic heterocycles. The molecule has 5 rings (SSSR count). The zero-order chi connectivity index (χ0) is 19.8. The number of nitrogens with zero attached hydrogens (tertiary/aromatic N) is 2. The van der Waals surface area contributed by atoms with Crippen LogP contribution in [0.15, 0.2) is 16.5 Å². The van der Waals surface area contributed by atoms with Crippen LogP contribution < -0.4 is 0 Å². The largest absolute Gasteiger partial charge is 0.465 e. The zero-order valence-corrected chi connectivity index (χ0v) is 19.1. The highest BCUT2D eigenvalue weighted by Gasteiger charge is 2.62. The van der Waals surface area contributed by atoms with E-state index in [9.17, 15) is 5.11 Å². The summed E-state index contributed by atoms with van der Waals surface area (Å²) in [5, 5.41) is 10.2. The van der Waals surface area contributed by atoms with E-state index in [1.165, 1.54) is 23.0 Å². The van der Waals surface area contributed by atoms with Crippen LogP contribution in [-0.2, 0) is 17.7 Å². The van der Waals surface area contributed by atoms with E-state index in [0.29, 0.717) is 12.0 Å². The van der Waals surface area contributed by atoms with Gasteiger partial charge in [-0.05, 0) is 18.6 Å². The van der Waals surface area contributed by atoms with Gasteiger partial charge in [0.2, 0.25) is 0 Å². The molecule has 7 heteroatoms. The maximum absolute atomic E-state index is 10.2. The second kappa shape index (κ2) is 8.75. The summed E-state index contributed by atoms with van der Waals surface area (Å²) in [5.41, 5.74) is -0.114. The van der Waals surface area contributed by atoms with Crippen LogP contribution in [0, 0.1) is 11.8 Å². The molecule has 1 aromatic rings. The van der Waals surface area contributed by atoms with Crippen LogP contribution in [0.25, 0.3) is 0 Å². The van der Waals surface area contributed by atoms with Gasteiger partial charge in [0.05, 0.1) is 18.2 Å². The van der Waals surface area contributed by atoms with Crippen molar-refractivity contribution in [3.8, 4) is 0 Å². The third kappa shape index (κ3) is 4.03. The van der Waals surface area contributed by atoms with Crippen molar-refractivity contribution in [2.45, 2.75) is 44.1 Å². The smallest absolute Gasteiger partial charge is 0.118 e. The van der Waals surface area contributed by atoms with Gasteiger partial charge in [-0.15, -0.1) is 0 Å². The first-order valence-electron chi connectivity index (χ1n) is 11.2. The Morgan fingerprint density at radius 3 is 2.69 bits per heavy atom. The molecular weight excluding hydrogens is 404 g/mol. The van der Waals surface area contributed by atoms with Crippen molar-refractivity contribution in [2.24, 2.45) is 11.8 Å². The fourth-order valence-corrected chi connectivity index (χ4v) is 8.51. The van der Waals surface area contributed by atoms with E-state index in [2.05, 4.69) is 52.4 Å². The topological polar surface area (TPSA) is 49.1 Å². The van der Waals surface area contributed by atoms with E-state index >= 15 is 0 Å². The molecule has 5 heterocycles. The molecule has 2 bridgehead atoms. The van der Waals surface area contributed by atoms with E-state index in [1.54, 1.807) is 0 Å². The predicted molar refractivity (Wildman–Crippen MR) is 120 cm³/mol. The molecule has 29 heavy (non-hydrogen) atoms. The molecular formula is C22H34N2O3S2. The number of aliphatic hydroxyl groups is 1. The molecule has 0 radical (unpaired) electrons. The number of rotatable bonds is 6. The molecule has 0 aliphatic carbocycles. The third-order valence-corrected chi connectivity index (χ3v) is 9.69. The number of furan rings is 1. The summed E-state index contributed by atoms with van der Waals surface area (Å²) >= 11 is 4.20. The van der Waals surface area contributed by atoms with Crippen molar-refractivity contribution >= 4 is 23.5 Å². The molecule has 0 aromatic carbocycles. The van der Waals surface area contributed by atoms with Gasteiger partial charge in [-0.25, -0.2) is 0 Å². The minimum absolute atomic E-state index is 0.114. The average molecular weight is 439 g/mol. The van der Waals surface area contributed by atoms with Gasteiger partial charge in [-0.2, -0.15) is 23.5 Å². The van der Waals surface area contributed by atoms with E-state index in [4.69, 9.17) is 9.15 Å². The lowest BCUT2D eigenvalue weighted by molar-refractivity contribution is -0.121. The lowest BCUT2D eigenvalue weighted by Crippen LogP contribution is -2.54. The van der Waals surface area contributed by atoms with Crippen molar-refractivity contribution in [3.05, 3.63) is 23.7 Å². The summed E-state index contributed by atoms with van der Waals surface area (Å²) in [6.07, 6.45) is 2.28. The molecule has 4 saturated heterocycles. The van der Waals surface area contributed by atoms with Gasteiger partial charge in [0.15, 0.2) is 0 Å². The Bertz CT molecular complexity index is 693. The van der Waals surface area contributed by atoms with E-state index in [0.717, 1.165) is 57.1 Å². The molecule has 5 nitrogen and oxygen atoms in total. The number of hydrogen-bond acceptors (Lipinski definition) is 7. The summed E-state index contributed by atoms with van der Waals surface area (Å²) in [4.78, 5) is 5.20. The van der Waals surface area contributed by atoms with Gasteiger partial charge in [-0.3, -0.25) is 9.80 Å². The Morgan fingerprint density at radius 1 is 1.14 bits per heavy atom. The minimum atomic E-state index is -0.114. The molecule has 1 aromatic heterocycles. The maximum Gasteiger partial charge on any atom is 0.118 e. The van der Waals surface area contributed by atoms with Gasteiger partial charge in [-0.1, -0.05) is 6.92 Å². The average Bonchev–Trinajstić information content (AvgIpc) is 3.23. The van der Waals surface area contributed by atoms with E-state index < -0.39 is 0 Å². The van der Waals surface area contributed by atoms with Gasteiger partial charge in [0.25, 0.3) is 0 Å². The second-order valence-corrected chi connectivity index (χ2v) is 11.5. The highest BCUT2D eigenvalue weighted by atomic mass is 32.2. The number of aryl methyl sites for hydroxylation is 1. The first-order chi connectivity index (χ1) is 14.2. The summed E-state index contributed by atoms with van der Waals surface area (Å²) in [7, 11) is 0. The van der Waals surface area contributed by atoms with Crippen LogP contribution in [0.4, 0.5) is 0 Å². The van der Waals surface area contributed by atoms with Crippen LogP contribution in [0.1, 0.15) is 24.9 Å². The number of likely N-dealkylation sites (tertiary alicyclic amines) is 2. The van der Waals surface area contributed by atoms with Crippen LogP contribution in [0.3, 0.4) is 0 Å². The molecule has 4 aliphatic rings. The monoisotopic (exact) mass is 438 g/mol. The van der Waals surface area contributed by atoms with Crippen molar-refractivity contribution < 1.29 is 14.3 Å². The summed E-state index contributed by atoms with van der Waals surface area (Å²) in [5.74, 6) is 7.90. The van der Waals surface area contributed by atoms with Crippen LogP contribution in [-0.4, -0.2) is 88.5 Å². The zero-order valence-electron chi connectivity index (χ0n) is 17.4. The Kier molecular flexibility index (Phi) is 6.25. The van der Waals surface area contributed by atoms with Gasteiger partial charge < -0.3 is 14.3 Å². The standard InChI is InChI=1S/C22H34N2O3S2/c1-2-3-17-4-5-18(26-17)8-23-10-21-19(11-25)20-9-24(15-22(20,14-23)27-21)16-12-28-6-7-29-13-16/h4-5,16,19-21,25H,2-3,6-15H2,1H3/t19-,20+,21+,22+/m0/s1. The quantitative estimate of drug-likeness (QED) is 0.733. The first-order valence-corrected chi connectivity index (χ1v) is 13.5. The molecule has 0 saturated carbocycles. The van der Waals surface area contributed by atoms with Gasteiger partial charge >= 0.3 is 0 Å². The van der Waals surface area contributed by atoms with Crippen LogP contribution in [0.5, 0.6) is 0 Å². The number of fused-ring (bicyclic) bond motifs is 1. The number of aliphatic hydroxyl groups excluding tert-OH is 1. The fourth-order valence-electron chi connectivity index (χ4n) is 5.88. The SMILES string of the molecule is CCCc1ccc(CN2C[C@H]3O[C@]4(C2)CN(C2CSCCSC2)C[C@@H]4[C@@H]3CO)o1. The summed E-state index contributed by atoms with van der Waals surface area (Å²) in [6.45, 7) is 7.25. The molecule has 1 N–H and O–H groups in total. The van der Waals surface area contributed by atoms with Crippen molar-refractivity contribution in [1.29, 1.82) is 0 Å². The number of ether oxygens (including phenoxy) is 1. The predicted octanol–water partition coefficient (Wildman–Crippen LogP) is 2.57. The maximum atomic E-state index is 10.2. The fraction of sp³-hybridized carbons (Fsp3) is 0.818. The lowest BCUT2D eigenvalue weighted by atomic mass is 9.83. The van der Waals surface area contributed by atoms with Gasteiger partial charge in [0.1, 0.15) is 11.5 Å². The molecule has 4 atom stereocenters. The van der Waals surface area contributed by atoms with Crippen LogP contribution in [0.2, 0.25) is 0 Å². The van der Waals surface area contributed by atoms with Crippen molar-refractivity contribution in [2.75, 3.05) is 55.8 Å². The molecule has 4 fully saturated rings. The third-order valence-electron chi connectivity index (χ3n) is 7.20. The molecule has 162 valence electrons. The Morgan fingerprint density at radius 2 is 1.93 bits per heavy atom. The molecule has 0 unspecified atom stereocenters. The normalized spacial score (nSPS) is 36.4. The highest BCUT2D eigenvalue weighted by Crippen LogP contribution is 2.50. The second-order valence-electron chi connectivity index (χ2n) is 9.19. The number of thioether (sulfide) groups is 2. The highest BCUT2D eigenvalue weighted by molar-refractivity contribution is 8.03. The summed E-state index contributed by atoms with van der Waals surface area (Å²) in [6, 6.07) is 4.91. The minimum Gasteiger partial charge on any atom is -0.465 e. The Labute approximate surface area is 182 Å². The van der Waals surface area contributed by atoms with E-state index in [1.807, 2.05) is 0 Å². The summed E-state index contributed by atoms with van der Waals surface area (Å²) < 4.78 is 12.8. The number of morpholine rings is 1. The van der Waals surface area contributed by atoms with Crippen molar-refractivity contribution in [1.82, 2.24) is 9.80 Å². The van der Waals surface area contributed by atoms with E-state index in [-0.39, 0.29) is 24.2 Å². The lowest BCUT2D eigenvalue weighted by Gasteiger charge is -2.40. The molecule has 0 amide bonds. The van der Waals surface area contributed by atoms with Crippen LogP contribution >= 0.6 is 23.5 Å². The van der Waals surface area contributed by atoms with Gasteiger partial charge in [0, 0.05) is 80.1 Å². The first kappa shape index (κ1) is 20.7.